The molecule has 0 bridgehead atoms. The highest BCUT2D eigenvalue weighted by Crippen LogP contribution is 2.14. The lowest BCUT2D eigenvalue weighted by Gasteiger charge is -1.99. The largest absolute Gasteiger partial charge is 0.481 e. The van der Waals surface area contributed by atoms with E-state index in [1.165, 1.54) is 6.08 Å². The molecule has 0 spiro atoms. The first-order chi connectivity index (χ1) is 7.49. The molecule has 0 saturated carbocycles. The Labute approximate surface area is 100 Å². The van der Waals surface area contributed by atoms with Crippen LogP contribution < -0.4 is 0 Å². The molecule has 2 N–H and O–H groups in total. The summed E-state index contributed by atoms with van der Waals surface area (Å²) in [4.78, 5) is 21.2. The summed E-state index contributed by atoms with van der Waals surface area (Å²) in [6.45, 7) is 0. The molecular formula is C11H9BrO4. The zero-order valence-corrected chi connectivity index (χ0v) is 9.77. The highest BCUT2D eigenvalue weighted by Gasteiger charge is 2.11. The third-order valence-electron chi connectivity index (χ3n) is 1.83. The van der Waals surface area contributed by atoms with Gasteiger partial charge in [0.1, 0.15) is 0 Å². The third kappa shape index (κ3) is 3.86. The molecule has 1 aromatic carbocycles. The van der Waals surface area contributed by atoms with E-state index in [-0.39, 0.29) is 5.57 Å². The van der Waals surface area contributed by atoms with Crippen LogP contribution in [0.4, 0.5) is 0 Å². The number of hydrogen-bond donors (Lipinski definition) is 2. The fourth-order valence-corrected chi connectivity index (χ4v) is 1.38. The molecular weight excluding hydrogens is 276 g/mol. The van der Waals surface area contributed by atoms with Gasteiger partial charge in [-0.25, -0.2) is 4.79 Å². The van der Waals surface area contributed by atoms with Crippen LogP contribution in [0, 0.1) is 0 Å². The molecule has 0 saturated heterocycles. The second-order valence-corrected chi connectivity index (χ2v) is 4.01. The Balaban J connectivity index is 2.97. The Hall–Kier alpha value is -1.62. The van der Waals surface area contributed by atoms with Gasteiger partial charge in [-0.3, -0.25) is 4.79 Å². The molecule has 0 fully saturated rings. The smallest absolute Gasteiger partial charge is 0.332 e. The molecule has 0 amide bonds. The van der Waals surface area contributed by atoms with E-state index in [0.29, 0.717) is 5.56 Å². The number of aliphatic carboxylic acids is 2. The number of rotatable bonds is 4. The average molecular weight is 285 g/mol. The molecule has 0 heterocycles. The Kier molecular flexibility index (Phi) is 4.25. The van der Waals surface area contributed by atoms with Crippen LogP contribution in [0.2, 0.25) is 0 Å². The first kappa shape index (κ1) is 12.4. The van der Waals surface area contributed by atoms with Crippen LogP contribution in [0.25, 0.3) is 6.08 Å². The summed E-state index contributed by atoms with van der Waals surface area (Å²) in [6.07, 6.45) is 0.855. The van der Waals surface area contributed by atoms with Crippen molar-refractivity contribution in [3.05, 3.63) is 39.9 Å². The Bertz CT molecular complexity index is 434. The Morgan fingerprint density at radius 1 is 1.19 bits per heavy atom. The molecule has 1 aromatic rings. The van der Waals surface area contributed by atoms with E-state index < -0.39 is 18.4 Å². The average Bonchev–Trinajstić information content (AvgIpc) is 2.19. The molecule has 0 aromatic heterocycles. The van der Waals surface area contributed by atoms with E-state index in [0.717, 1.165) is 4.47 Å². The molecule has 0 aliphatic rings. The van der Waals surface area contributed by atoms with Crippen molar-refractivity contribution in [3.8, 4) is 0 Å². The summed E-state index contributed by atoms with van der Waals surface area (Å²) >= 11 is 3.25. The predicted molar refractivity (Wildman–Crippen MR) is 62.0 cm³/mol. The maximum atomic E-state index is 10.8. The fourth-order valence-electron chi connectivity index (χ4n) is 1.11. The molecule has 1 rings (SSSR count). The minimum atomic E-state index is -1.22. The lowest BCUT2D eigenvalue weighted by atomic mass is 10.1. The van der Waals surface area contributed by atoms with Crippen molar-refractivity contribution >= 4 is 33.9 Å². The van der Waals surface area contributed by atoms with E-state index in [1.54, 1.807) is 24.3 Å². The van der Waals surface area contributed by atoms with Crippen molar-refractivity contribution in [3.63, 3.8) is 0 Å². The third-order valence-corrected chi connectivity index (χ3v) is 2.36. The minimum absolute atomic E-state index is 0.144. The second-order valence-electron chi connectivity index (χ2n) is 3.10. The van der Waals surface area contributed by atoms with Gasteiger partial charge in [0, 0.05) is 10.0 Å². The van der Waals surface area contributed by atoms with Gasteiger partial charge in [-0.1, -0.05) is 28.1 Å². The number of hydrogen-bond acceptors (Lipinski definition) is 2. The van der Waals surface area contributed by atoms with Crippen LogP contribution in [0.3, 0.4) is 0 Å². The van der Waals surface area contributed by atoms with Crippen molar-refractivity contribution < 1.29 is 19.8 Å². The van der Waals surface area contributed by atoms with E-state index >= 15 is 0 Å². The molecule has 0 aliphatic carbocycles. The zero-order valence-electron chi connectivity index (χ0n) is 8.18. The highest BCUT2D eigenvalue weighted by molar-refractivity contribution is 9.10. The second kappa shape index (κ2) is 5.46. The van der Waals surface area contributed by atoms with Gasteiger partial charge in [-0.2, -0.15) is 0 Å². The standard InChI is InChI=1S/C11H9BrO4/c12-9-3-1-7(2-4-9)5-8(11(15)16)6-10(13)14/h1-5H,6H2,(H,13,14)(H,15,16). The maximum Gasteiger partial charge on any atom is 0.332 e. The minimum Gasteiger partial charge on any atom is -0.481 e. The van der Waals surface area contributed by atoms with Gasteiger partial charge in [0.15, 0.2) is 0 Å². The van der Waals surface area contributed by atoms with Crippen molar-refractivity contribution in [1.82, 2.24) is 0 Å². The first-order valence-electron chi connectivity index (χ1n) is 4.40. The van der Waals surface area contributed by atoms with Crippen LogP contribution in [-0.2, 0) is 9.59 Å². The Morgan fingerprint density at radius 2 is 1.75 bits per heavy atom. The number of carboxylic acid groups (broad SMARTS) is 2. The van der Waals surface area contributed by atoms with E-state index in [1.807, 2.05) is 0 Å². The van der Waals surface area contributed by atoms with Gasteiger partial charge in [0.25, 0.3) is 0 Å². The van der Waals surface area contributed by atoms with E-state index in [9.17, 15) is 9.59 Å². The first-order valence-corrected chi connectivity index (χ1v) is 5.19. The maximum absolute atomic E-state index is 10.8. The topological polar surface area (TPSA) is 74.6 Å². The van der Waals surface area contributed by atoms with Gasteiger partial charge in [-0.15, -0.1) is 0 Å². The molecule has 84 valence electrons. The van der Waals surface area contributed by atoms with Crippen LogP contribution in [-0.4, -0.2) is 22.2 Å². The zero-order chi connectivity index (χ0) is 12.1. The van der Waals surface area contributed by atoms with E-state index in [2.05, 4.69) is 15.9 Å². The van der Waals surface area contributed by atoms with Crippen LogP contribution >= 0.6 is 15.9 Å². The normalized spacial score (nSPS) is 11.2. The molecule has 16 heavy (non-hydrogen) atoms. The summed E-state index contributed by atoms with van der Waals surface area (Å²) in [6, 6.07) is 6.92. The van der Waals surface area contributed by atoms with Gasteiger partial charge >= 0.3 is 11.9 Å². The van der Waals surface area contributed by atoms with Crippen LogP contribution in [0.5, 0.6) is 0 Å². The molecule has 5 heteroatoms. The van der Waals surface area contributed by atoms with E-state index in [4.69, 9.17) is 10.2 Å². The van der Waals surface area contributed by atoms with Crippen molar-refractivity contribution in [2.24, 2.45) is 0 Å². The molecule has 0 aliphatic heterocycles. The van der Waals surface area contributed by atoms with Gasteiger partial charge in [-0.05, 0) is 23.8 Å². The quantitative estimate of drug-likeness (QED) is 0.833. The van der Waals surface area contributed by atoms with Crippen molar-refractivity contribution in [1.29, 1.82) is 0 Å². The van der Waals surface area contributed by atoms with Crippen LogP contribution in [0.1, 0.15) is 12.0 Å². The molecule has 4 nitrogen and oxygen atoms in total. The number of carboxylic acids is 2. The van der Waals surface area contributed by atoms with Crippen molar-refractivity contribution in [2.45, 2.75) is 6.42 Å². The monoisotopic (exact) mass is 284 g/mol. The highest BCUT2D eigenvalue weighted by atomic mass is 79.9. The summed E-state index contributed by atoms with van der Waals surface area (Å²) in [7, 11) is 0. The van der Waals surface area contributed by atoms with Gasteiger partial charge in [0.05, 0.1) is 6.42 Å². The van der Waals surface area contributed by atoms with Gasteiger partial charge in [0.2, 0.25) is 0 Å². The summed E-state index contributed by atoms with van der Waals surface area (Å²) in [5, 5.41) is 17.3. The summed E-state index contributed by atoms with van der Waals surface area (Å²) < 4.78 is 0.875. The fraction of sp³-hybridized carbons (Fsp3) is 0.0909. The molecule has 0 radical (unpaired) electrons. The lowest BCUT2D eigenvalue weighted by Crippen LogP contribution is -2.06. The molecule has 0 unspecified atom stereocenters. The van der Waals surface area contributed by atoms with Crippen molar-refractivity contribution in [2.75, 3.05) is 0 Å². The summed E-state index contributed by atoms with van der Waals surface area (Å²) in [5.41, 5.74) is 0.511. The van der Waals surface area contributed by atoms with Gasteiger partial charge < -0.3 is 10.2 Å². The molecule has 0 atom stereocenters. The number of halogens is 1. The van der Waals surface area contributed by atoms with Crippen LogP contribution in [0.15, 0.2) is 34.3 Å². The Morgan fingerprint density at radius 3 is 2.19 bits per heavy atom. The summed E-state index contributed by atoms with van der Waals surface area (Å²) in [5.74, 6) is -2.38. The SMILES string of the molecule is O=C(O)CC(=Cc1ccc(Br)cc1)C(=O)O. The number of carbonyl (C=O) groups is 2. The lowest BCUT2D eigenvalue weighted by molar-refractivity contribution is -0.139. The predicted octanol–water partition coefficient (Wildman–Crippen LogP) is 2.39. The number of benzene rings is 1.